The van der Waals surface area contributed by atoms with Gasteiger partial charge < -0.3 is 9.84 Å². The Hall–Kier alpha value is -0.220. The summed E-state index contributed by atoms with van der Waals surface area (Å²) in [7, 11) is 1.35. The van der Waals surface area contributed by atoms with E-state index in [0.717, 1.165) is 0 Å². The zero-order valence-corrected chi connectivity index (χ0v) is 11.2. The summed E-state index contributed by atoms with van der Waals surface area (Å²) in [5.74, 6) is -0.0476. The van der Waals surface area contributed by atoms with Crippen molar-refractivity contribution in [2.24, 2.45) is 11.3 Å². The molecule has 0 radical (unpaired) electrons. The van der Waals surface area contributed by atoms with Gasteiger partial charge in [0.1, 0.15) is 0 Å². The molecule has 0 aromatic carbocycles. The molecule has 0 fully saturated rings. The maximum absolute atomic E-state index is 11.5. The van der Waals surface area contributed by atoms with E-state index in [1.165, 1.54) is 7.11 Å². The Morgan fingerprint density at radius 1 is 1.40 bits per heavy atom. The highest BCUT2D eigenvalue weighted by molar-refractivity contribution is 7.99. The topological polar surface area (TPSA) is 46.5 Å². The summed E-state index contributed by atoms with van der Waals surface area (Å²) in [6.07, 6.45) is 1.25. The van der Waals surface area contributed by atoms with Crippen molar-refractivity contribution in [3.63, 3.8) is 0 Å². The van der Waals surface area contributed by atoms with Crippen molar-refractivity contribution in [1.29, 1.82) is 0 Å². The van der Waals surface area contributed by atoms with Crippen LogP contribution in [0.2, 0.25) is 0 Å². The molecular formula is C11H22O3S. The van der Waals surface area contributed by atoms with E-state index < -0.39 is 11.5 Å². The summed E-state index contributed by atoms with van der Waals surface area (Å²) in [5, 5.41) is 10.2. The predicted molar refractivity (Wildman–Crippen MR) is 63.9 cm³/mol. The van der Waals surface area contributed by atoms with Gasteiger partial charge in [0.05, 0.1) is 18.6 Å². The Bertz CT molecular complexity index is 214. The SMILES string of the molecule is COC(=O)C(C)(C)[C@H](O)[C@H](SC)C(C)C. The lowest BCUT2D eigenvalue weighted by atomic mass is 9.82. The molecule has 0 bridgehead atoms. The lowest BCUT2D eigenvalue weighted by Gasteiger charge is -2.34. The number of ether oxygens (including phenoxy) is 1. The first-order chi connectivity index (χ1) is 6.78. The maximum Gasteiger partial charge on any atom is 0.313 e. The van der Waals surface area contributed by atoms with Crippen molar-refractivity contribution >= 4 is 17.7 Å². The van der Waals surface area contributed by atoms with Gasteiger partial charge in [-0.15, -0.1) is 0 Å². The van der Waals surface area contributed by atoms with Crippen LogP contribution in [0.1, 0.15) is 27.7 Å². The third kappa shape index (κ3) is 3.38. The van der Waals surface area contributed by atoms with Gasteiger partial charge in [-0.2, -0.15) is 11.8 Å². The minimum Gasteiger partial charge on any atom is -0.469 e. The molecule has 0 aliphatic rings. The van der Waals surface area contributed by atoms with Crippen molar-refractivity contribution in [2.45, 2.75) is 39.0 Å². The van der Waals surface area contributed by atoms with E-state index in [9.17, 15) is 9.90 Å². The van der Waals surface area contributed by atoms with Gasteiger partial charge in [0.2, 0.25) is 0 Å². The molecule has 0 aromatic rings. The summed E-state index contributed by atoms with van der Waals surface area (Å²) in [5.41, 5.74) is -0.854. The monoisotopic (exact) mass is 234 g/mol. The van der Waals surface area contributed by atoms with Crippen molar-refractivity contribution < 1.29 is 14.6 Å². The standard InChI is InChI=1S/C11H22O3S/c1-7(2)8(15-6)9(12)11(3,4)10(13)14-5/h7-9,12H,1-6H3/t8-,9-/m1/s1. The van der Waals surface area contributed by atoms with E-state index >= 15 is 0 Å². The van der Waals surface area contributed by atoms with E-state index in [-0.39, 0.29) is 11.2 Å². The average Bonchev–Trinajstić information content (AvgIpc) is 2.16. The number of rotatable bonds is 5. The Morgan fingerprint density at radius 2 is 1.87 bits per heavy atom. The van der Waals surface area contributed by atoms with E-state index in [1.807, 2.05) is 20.1 Å². The van der Waals surface area contributed by atoms with Gasteiger partial charge in [0.25, 0.3) is 0 Å². The number of carbonyl (C=O) groups is 1. The lowest BCUT2D eigenvalue weighted by molar-refractivity contribution is -0.157. The molecule has 0 saturated heterocycles. The second-order valence-corrected chi connectivity index (χ2v) is 5.62. The fraction of sp³-hybridized carbons (Fsp3) is 0.909. The van der Waals surface area contributed by atoms with Crippen LogP contribution in [0.3, 0.4) is 0 Å². The molecule has 90 valence electrons. The van der Waals surface area contributed by atoms with Crippen molar-refractivity contribution in [2.75, 3.05) is 13.4 Å². The fourth-order valence-electron chi connectivity index (χ4n) is 1.56. The van der Waals surface area contributed by atoms with Gasteiger partial charge >= 0.3 is 5.97 Å². The van der Waals surface area contributed by atoms with Crippen LogP contribution in [0, 0.1) is 11.3 Å². The number of methoxy groups -OCH3 is 1. The van der Waals surface area contributed by atoms with Crippen LogP contribution in [0.5, 0.6) is 0 Å². The normalized spacial score (nSPS) is 16.3. The van der Waals surface area contributed by atoms with Crippen molar-refractivity contribution in [3.8, 4) is 0 Å². The smallest absolute Gasteiger partial charge is 0.313 e. The average molecular weight is 234 g/mol. The van der Waals surface area contributed by atoms with E-state index in [2.05, 4.69) is 0 Å². The highest BCUT2D eigenvalue weighted by atomic mass is 32.2. The number of thioether (sulfide) groups is 1. The molecule has 0 rings (SSSR count). The molecule has 0 amide bonds. The molecule has 3 nitrogen and oxygen atoms in total. The largest absolute Gasteiger partial charge is 0.469 e. The Kier molecular flexibility index (Phi) is 5.67. The molecule has 0 saturated carbocycles. The van der Waals surface area contributed by atoms with Crippen molar-refractivity contribution in [1.82, 2.24) is 0 Å². The van der Waals surface area contributed by atoms with Gasteiger partial charge in [-0.1, -0.05) is 13.8 Å². The number of aliphatic hydroxyl groups excluding tert-OH is 1. The molecule has 0 heterocycles. The van der Waals surface area contributed by atoms with E-state index in [4.69, 9.17) is 4.74 Å². The summed E-state index contributed by atoms with van der Waals surface area (Å²) in [6.45, 7) is 7.51. The van der Waals surface area contributed by atoms with Crippen LogP contribution < -0.4 is 0 Å². The third-order valence-electron chi connectivity index (χ3n) is 2.69. The zero-order valence-electron chi connectivity index (χ0n) is 10.4. The molecule has 4 heteroatoms. The van der Waals surface area contributed by atoms with Gasteiger partial charge in [0.15, 0.2) is 0 Å². The number of hydrogen-bond acceptors (Lipinski definition) is 4. The number of carbonyl (C=O) groups excluding carboxylic acids is 1. The molecule has 15 heavy (non-hydrogen) atoms. The van der Waals surface area contributed by atoms with Gasteiger partial charge in [-0.3, -0.25) is 4.79 Å². The van der Waals surface area contributed by atoms with E-state index in [1.54, 1.807) is 25.6 Å². The van der Waals surface area contributed by atoms with Crippen molar-refractivity contribution in [3.05, 3.63) is 0 Å². The predicted octanol–water partition coefficient (Wildman–Crippen LogP) is 1.93. The Labute approximate surface area is 96.6 Å². The fourth-order valence-corrected chi connectivity index (χ4v) is 2.70. The number of aliphatic hydroxyl groups is 1. The highest BCUT2D eigenvalue weighted by Gasteiger charge is 2.41. The maximum atomic E-state index is 11.5. The van der Waals surface area contributed by atoms with Crippen LogP contribution >= 0.6 is 11.8 Å². The first-order valence-corrected chi connectivity index (χ1v) is 6.37. The van der Waals surface area contributed by atoms with Gasteiger partial charge in [-0.05, 0) is 26.0 Å². The second kappa shape index (κ2) is 5.75. The summed E-state index contributed by atoms with van der Waals surface area (Å²) < 4.78 is 4.70. The molecular weight excluding hydrogens is 212 g/mol. The van der Waals surface area contributed by atoms with Gasteiger partial charge in [0, 0.05) is 5.25 Å². The Morgan fingerprint density at radius 3 is 2.13 bits per heavy atom. The minimum atomic E-state index is -0.854. The van der Waals surface area contributed by atoms with Crippen LogP contribution in [0.25, 0.3) is 0 Å². The lowest BCUT2D eigenvalue weighted by Crippen LogP contribution is -2.45. The molecule has 0 spiro atoms. The summed E-state index contributed by atoms with van der Waals surface area (Å²) in [4.78, 5) is 11.5. The molecule has 0 aliphatic heterocycles. The molecule has 1 N–H and O–H groups in total. The molecule has 0 unspecified atom stereocenters. The van der Waals surface area contributed by atoms with Crippen LogP contribution in [0.15, 0.2) is 0 Å². The molecule has 0 aliphatic carbocycles. The quantitative estimate of drug-likeness (QED) is 0.738. The van der Waals surface area contributed by atoms with Crippen LogP contribution in [0.4, 0.5) is 0 Å². The third-order valence-corrected chi connectivity index (χ3v) is 4.04. The molecule has 0 aromatic heterocycles. The highest BCUT2D eigenvalue weighted by Crippen LogP contribution is 2.32. The van der Waals surface area contributed by atoms with Crippen LogP contribution in [-0.2, 0) is 9.53 Å². The van der Waals surface area contributed by atoms with Crippen LogP contribution in [-0.4, -0.2) is 35.8 Å². The summed E-state index contributed by atoms with van der Waals surface area (Å²) >= 11 is 1.58. The second-order valence-electron chi connectivity index (χ2n) is 4.60. The number of esters is 1. The zero-order chi connectivity index (χ0) is 12.2. The number of hydrogen-bond donors (Lipinski definition) is 1. The van der Waals surface area contributed by atoms with E-state index in [0.29, 0.717) is 5.92 Å². The summed E-state index contributed by atoms with van der Waals surface area (Å²) in [6, 6.07) is 0. The first-order valence-electron chi connectivity index (χ1n) is 5.08. The Balaban J connectivity index is 4.80. The molecule has 2 atom stereocenters. The first kappa shape index (κ1) is 14.8. The van der Waals surface area contributed by atoms with Gasteiger partial charge in [-0.25, -0.2) is 0 Å². The minimum absolute atomic E-state index is 0.0408.